The minimum atomic E-state index is -3.61. The Hall–Kier alpha value is -2.05. The van der Waals surface area contributed by atoms with Crippen LogP contribution in [-0.4, -0.2) is 27.1 Å². The van der Waals surface area contributed by atoms with Gasteiger partial charge in [0, 0.05) is 11.6 Å². The van der Waals surface area contributed by atoms with Crippen molar-refractivity contribution >= 4 is 33.2 Å². The molecule has 0 saturated heterocycles. The SMILES string of the molecule is Cc1ccccc1CNC(=O)CN(c1ccc(Cl)cc1C)S(C)(=O)=O. The molecule has 134 valence electrons. The van der Waals surface area contributed by atoms with Gasteiger partial charge in [0.2, 0.25) is 15.9 Å². The number of aryl methyl sites for hydroxylation is 2. The van der Waals surface area contributed by atoms with Crippen LogP contribution in [0.25, 0.3) is 0 Å². The molecule has 0 aliphatic rings. The minimum absolute atomic E-state index is 0.285. The number of nitrogens with zero attached hydrogens (tertiary/aromatic N) is 1. The fourth-order valence-corrected chi connectivity index (χ4v) is 3.61. The van der Waals surface area contributed by atoms with Crippen LogP contribution in [0.15, 0.2) is 42.5 Å². The Labute approximate surface area is 153 Å². The maximum absolute atomic E-state index is 12.3. The maximum atomic E-state index is 12.3. The molecule has 1 amide bonds. The molecule has 0 aliphatic heterocycles. The highest BCUT2D eigenvalue weighted by atomic mass is 35.5. The number of carbonyl (C=O) groups is 1. The molecule has 0 radical (unpaired) electrons. The predicted octanol–water partition coefficient (Wildman–Crippen LogP) is 3.04. The largest absolute Gasteiger partial charge is 0.350 e. The van der Waals surface area contributed by atoms with Crippen molar-refractivity contribution in [3.8, 4) is 0 Å². The fourth-order valence-electron chi connectivity index (χ4n) is 2.47. The van der Waals surface area contributed by atoms with Gasteiger partial charge in [0.25, 0.3) is 0 Å². The van der Waals surface area contributed by atoms with Gasteiger partial charge in [0.15, 0.2) is 0 Å². The average Bonchev–Trinajstić information content (AvgIpc) is 2.51. The normalized spacial score (nSPS) is 11.2. The Balaban J connectivity index is 2.15. The van der Waals surface area contributed by atoms with E-state index in [2.05, 4.69) is 5.32 Å². The van der Waals surface area contributed by atoms with Crippen LogP contribution < -0.4 is 9.62 Å². The summed E-state index contributed by atoms with van der Waals surface area (Å²) in [4.78, 5) is 12.3. The van der Waals surface area contributed by atoms with E-state index in [9.17, 15) is 13.2 Å². The molecule has 5 nitrogen and oxygen atoms in total. The molecule has 2 aromatic carbocycles. The van der Waals surface area contributed by atoms with Gasteiger partial charge in [-0.2, -0.15) is 0 Å². The van der Waals surface area contributed by atoms with Crippen LogP contribution in [0.5, 0.6) is 0 Å². The molecule has 0 bridgehead atoms. The highest BCUT2D eigenvalue weighted by molar-refractivity contribution is 7.92. The van der Waals surface area contributed by atoms with Crippen LogP contribution in [0.4, 0.5) is 5.69 Å². The lowest BCUT2D eigenvalue weighted by Gasteiger charge is -2.23. The number of hydrogen-bond acceptors (Lipinski definition) is 3. The number of sulfonamides is 1. The average molecular weight is 381 g/mol. The zero-order valence-corrected chi connectivity index (χ0v) is 16.0. The molecule has 0 aliphatic carbocycles. The van der Waals surface area contributed by atoms with Crippen molar-refractivity contribution < 1.29 is 13.2 Å². The van der Waals surface area contributed by atoms with Crippen LogP contribution >= 0.6 is 11.6 Å². The second-order valence-electron chi connectivity index (χ2n) is 5.90. The summed E-state index contributed by atoms with van der Waals surface area (Å²) < 4.78 is 25.4. The van der Waals surface area contributed by atoms with E-state index in [0.717, 1.165) is 21.7 Å². The van der Waals surface area contributed by atoms with Gasteiger partial charge >= 0.3 is 0 Å². The highest BCUT2D eigenvalue weighted by Crippen LogP contribution is 2.25. The summed E-state index contributed by atoms with van der Waals surface area (Å²) in [6.45, 7) is 3.78. The van der Waals surface area contributed by atoms with Crippen LogP contribution in [0, 0.1) is 13.8 Å². The lowest BCUT2D eigenvalue weighted by Crippen LogP contribution is -2.40. The maximum Gasteiger partial charge on any atom is 0.241 e. The summed E-state index contributed by atoms with van der Waals surface area (Å²) in [6, 6.07) is 12.6. The van der Waals surface area contributed by atoms with Crippen LogP contribution in [0.2, 0.25) is 5.02 Å². The van der Waals surface area contributed by atoms with Gasteiger partial charge in [0.05, 0.1) is 11.9 Å². The van der Waals surface area contributed by atoms with E-state index >= 15 is 0 Å². The molecule has 1 N–H and O–H groups in total. The molecular formula is C18H21ClN2O3S. The van der Waals surface area contributed by atoms with Crippen LogP contribution in [0.1, 0.15) is 16.7 Å². The van der Waals surface area contributed by atoms with Crippen molar-refractivity contribution in [3.63, 3.8) is 0 Å². The number of benzene rings is 2. The molecule has 0 saturated carbocycles. The first-order chi connectivity index (χ1) is 11.7. The van der Waals surface area contributed by atoms with Gasteiger partial charge in [0.1, 0.15) is 6.54 Å². The summed E-state index contributed by atoms with van der Waals surface area (Å²) in [5.74, 6) is -0.372. The molecule has 25 heavy (non-hydrogen) atoms. The molecule has 0 spiro atoms. The zero-order chi connectivity index (χ0) is 18.6. The third kappa shape index (κ3) is 5.21. The number of amides is 1. The summed E-state index contributed by atoms with van der Waals surface area (Å²) >= 11 is 5.93. The third-order valence-electron chi connectivity index (χ3n) is 3.85. The van der Waals surface area contributed by atoms with Crippen molar-refractivity contribution in [2.75, 3.05) is 17.1 Å². The number of nitrogens with one attached hydrogen (secondary N) is 1. The standard InChI is InChI=1S/C18H21ClN2O3S/c1-13-6-4-5-7-15(13)11-20-18(22)12-21(25(3,23)24)17-9-8-16(19)10-14(17)2/h4-10H,11-12H2,1-3H3,(H,20,22). The van der Waals surface area contributed by atoms with Gasteiger partial charge in [-0.3, -0.25) is 9.10 Å². The molecular weight excluding hydrogens is 360 g/mol. The van der Waals surface area contributed by atoms with Crippen molar-refractivity contribution in [1.82, 2.24) is 5.32 Å². The summed E-state index contributed by atoms with van der Waals surface area (Å²) in [5, 5.41) is 3.28. The molecule has 0 heterocycles. The number of anilines is 1. The molecule has 7 heteroatoms. The second kappa shape index (κ2) is 7.89. The minimum Gasteiger partial charge on any atom is -0.350 e. The highest BCUT2D eigenvalue weighted by Gasteiger charge is 2.22. The van der Waals surface area contributed by atoms with Gasteiger partial charge < -0.3 is 5.32 Å². The van der Waals surface area contributed by atoms with E-state index in [1.165, 1.54) is 0 Å². The number of carbonyl (C=O) groups excluding carboxylic acids is 1. The summed E-state index contributed by atoms with van der Waals surface area (Å²) in [6.07, 6.45) is 1.08. The van der Waals surface area contributed by atoms with E-state index in [1.54, 1.807) is 25.1 Å². The van der Waals surface area contributed by atoms with E-state index in [-0.39, 0.29) is 12.5 Å². The van der Waals surface area contributed by atoms with Crippen LogP contribution in [-0.2, 0) is 21.4 Å². The number of hydrogen-bond donors (Lipinski definition) is 1. The molecule has 0 aromatic heterocycles. The van der Waals surface area contributed by atoms with E-state index in [4.69, 9.17) is 11.6 Å². The monoisotopic (exact) mass is 380 g/mol. The molecule has 2 aromatic rings. The number of rotatable bonds is 6. The van der Waals surface area contributed by atoms with Crippen molar-refractivity contribution in [1.29, 1.82) is 0 Å². The van der Waals surface area contributed by atoms with Gasteiger partial charge in [-0.25, -0.2) is 8.42 Å². The zero-order valence-electron chi connectivity index (χ0n) is 14.4. The Morgan fingerprint density at radius 1 is 1.12 bits per heavy atom. The van der Waals surface area contributed by atoms with Crippen molar-refractivity contribution in [2.45, 2.75) is 20.4 Å². The Morgan fingerprint density at radius 2 is 1.80 bits per heavy atom. The third-order valence-corrected chi connectivity index (χ3v) is 5.21. The Morgan fingerprint density at radius 3 is 2.40 bits per heavy atom. The Kier molecular flexibility index (Phi) is 6.08. The molecule has 0 unspecified atom stereocenters. The van der Waals surface area contributed by atoms with Gasteiger partial charge in [-0.1, -0.05) is 35.9 Å². The predicted molar refractivity (Wildman–Crippen MR) is 101 cm³/mol. The smallest absolute Gasteiger partial charge is 0.241 e. The van der Waals surface area contributed by atoms with E-state index < -0.39 is 10.0 Å². The van der Waals surface area contributed by atoms with Gasteiger partial charge in [-0.05, 0) is 48.7 Å². The lowest BCUT2D eigenvalue weighted by molar-refractivity contribution is -0.119. The topological polar surface area (TPSA) is 66.5 Å². The van der Waals surface area contributed by atoms with E-state index in [0.29, 0.717) is 22.8 Å². The first-order valence-corrected chi connectivity index (χ1v) is 9.96. The molecule has 0 atom stereocenters. The lowest BCUT2D eigenvalue weighted by atomic mass is 10.1. The first-order valence-electron chi connectivity index (χ1n) is 7.73. The van der Waals surface area contributed by atoms with E-state index in [1.807, 2.05) is 31.2 Å². The summed E-state index contributed by atoms with van der Waals surface area (Å²) in [5.41, 5.74) is 3.18. The molecule has 2 rings (SSSR count). The second-order valence-corrected chi connectivity index (χ2v) is 8.25. The Bertz CT molecular complexity index is 882. The van der Waals surface area contributed by atoms with Gasteiger partial charge in [-0.15, -0.1) is 0 Å². The fraction of sp³-hybridized carbons (Fsp3) is 0.278. The summed E-state index contributed by atoms with van der Waals surface area (Å²) in [7, 11) is -3.61. The first kappa shape index (κ1) is 19.3. The van der Waals surface area contributed by atoms with Crippen LogP contribution in [0.3, 0.4) is 0 Å². The number of halogens is 1. The van der Waals surface area contributed by atoms with Crippen molar-refractivity contribution in [2.24, 2.45) is 0 Å². The quantitative estimate of drug-likeness (QED) is 0.837. The molecule has 0 fully saturated rings. The van der Waals surface area contributed by atoms with Crippen molar-refractivity contribution in [3.05, 3.63) is 64.2 Å².